The Morgan fingerprint density at radius 2 is 2.22 bits per heavy atom. The van der Waals surface area contributed by atoms with Crippen molar-refractivity contribution in [1.29, 1.82) is 0 Å². The Hall–Kier alpha value is -2.12. The van der Waals surface area contributed by atoms with E-state index in [1.807, 2.05) is 36.2 Å². The molecular weight excluding hydrogens is 226 g/mol. The lowest BCUT2D eigenvalue weighted by Crippen LogP contribution is -2.24. The molecule has 0 saturated carbocycles. The summed E-state index contributed by atoms with van der Waals surface area (Å²) in [5, 5.41) is 1.01. The Labute approximate surface area is 107 Å². The zero-order chi connectivity index (χ0) is 12.8. The van der Waals surface area contributed by atoms with Crippen LogP contribution in [0.2, 0.25) is 0 Å². The highest BCUT2D eigenvalue weighted by atomic mass is 16.5. The third-order valence-electron chi connectivity index (χ3n) is 2.53. The Kier molecular flexibility index (Phi) is 4.11. The fourth-order valence-corrected chi connectivity index (χ4v) is 1.55. The third kappa shape index (κ3) is 3.19. The topological polar surface area (TPSA) is 38.2 Å². The average Bonchev–Trinajstić information content (AvgIpc) is 2.39. The van der Waals surface area contributed by atoms with Crippen LogP contribution in [0.3, 0.4) is 0 Å². The highest BCUT2D eigenvalue weighted by Crippen LogP contribution is 2.12. The molecule has 0 fully saturated rings. The van der Waals surface area contributed by atoms with Gasteiger partial charge in [0.1, 0.15) is 6.61 Å². The first kappa shape index (κ1) is 12.3. The number of terminal acetylenes is 1. The van der Waals surface area contributed by atoms with E-state index in [0.717, 1.165) is 17.4 Å². The minimum absolute atomic E-state index is 0.405. The van der Waals surface area contributed by atoms with Crippen molar-refractivity contribution >= 4 is 10.9 Å². The van der Waals surface area contributed by atoms with Gasteiger partial charge in [-0.3, -0.25) is 4.90 Å². The van der Waals surface area contributed by atoms with Crippen molar-refractivity contribution in [3.05, 3.63) is 30.5 Å². The first-order chi connectivity index (χ1) is 8.79. The van der Waals surface area contributed by atoms with E-state index in [1.54, 1.807) is 6.20 Å². The quantitative estimate of drug-likeness (QED) is 0.745. The Morgan fingerprint density at radius 3 is 3.06 bits per heavy atom. The molecule has 92 valence electrons. The molecule has 0 aliphatic heterocycles. The molecule has 0 N–H and O–H groups in total. The molecule has 0 unspecified atom stereocenters. The van der Waals surface area contributed by atoms with E-state index in [1.165, 1.54) is 0 Å². The van der Waals surface area contributed by atoms with Crippen LogP contribution in [0.5, 0.6) is 6.01 Å². The summed E-state index contributed by atoms with van der Waals surface area (Å²) in [7, 11) is 1.95. The highest BCUT2D eigenvalue weighted by Gasteiger charge is 2.01. The third-order valence-corrected chi connectivity index (χ3v) is 2.53. The summed E-state index contributed by atoms with van der Waals surface area (Å²) in [5.41, 5.74) is 0.888. The number of benzene rings is 1. The van der Waals surface area contributed by atoms with Gasteiger partial charge < -0.3 is 4.74 Å². The predicted octanol–water partition coefficient (Wildman–Crippen LogP) is 1.57. The summed E-state index contributed by atoms with van der Waals surface area (Å²) in [4.78, 5) is 10.5. The molecule has 0 saturated heterocycles. The van der Waals surface area contributed by atoms with E-state index in [-0.39, 0.29) is 0 Å². The van der Waals surface area contributed by atoms with E-state index in [9.17, 15) is 0 Å². The number of nitrogens with zero attached hydrogens (tertiary/aromatic N) is 3. The van der Waals surface area contributed by atoms with E-state index < -0.39 is 0 Å². The monoisotopic (exact) mass is 241 g/mol. The molecule has 0 aliphatic carbocycles. The molecule has 2 aromatic rings. The zero-order valence-electron chi connectivity index (χ0n) is 10.3. The molecule has 18 heavy (non-hydrogen) atoms. The minimum Gasteiger partial charge on any atom is -0.462 e. The molecule has 0 atom stereocenters. The lowest BCUT2D eigenvalue weighted by Gasteiger charge is -2.12. The second-order valence-corrected chi connectivity index (χ2v) is 4.00. The number of likely N-dealkylation sites (N-methyl/N-ethyl adjacent to an activating group) is 1. The van der Waals surface area contributed by atoms with Gasteiger partial charge in [0.2, 0.25) is 0 Å². The lowest BCUT2D eigenvalue weighted by molar-refractivity contribution is 0.238. The number of ether oxygens (including phenoxy) is 1. The Bertz CT molecular complexity index is 562. The van der Waals surface area contributed by atoms with E-state index >= 15 is 0 Å². The number of fused-ring (bicyclic) bond motifs is 1. The van der Waals surface area contributed by atoms with Crippen molar-refractivity contribution < 1.29 is 4.74 Å². The molecule has 4 nitrogen and oxygen atoms in total. The Morgan fingerprint density at radius 1 is 1.39 bits per heavy atom. The van der Waals surface area contributed by atoms with Gasteiger partial charge in [-0.15, -0.1) is 6.42 Å². The van der Waals surface area contributed by atoms with Crippen molar-refractivity contribution in [2.75, 3.05) is 26.7 Å². The summed E-state index contributed by atoms with van der Waals surface area (Å²) < 4.78 is 5.50. The summed E-state index contributed by atoms with van der Waals surface area (Å²) in [5.74, 6) is 2.58. The summed E-state index contributed by atoms with van der Waals surface area (Å²) in [6.45, 7) is 1.89. The highest BCUT2D eigenvalue weighted by molar-refractivity contribution is 5.77. The maximum absolute atomic E-state index is 5.50. The second-order valence-electron chi connectivity index (χ2n) is 4.00. The van der Waals surface area contributed by atoms with Gasteiger partial charge >= 0.3 is 6.01 Å². The van der Waals surface area contributed by atoms with Crippen LogP contribution in [0.4, 0.5) is 0 Å². The smallest absolute Gasteiger partial charge is 0.316 e. The maximum Gasteiger partial charge on any atom is 0.316 e. The predicted molar refractivity (Wildman–Crippen MR) is 71.4 cm³/mol. The van der Waals surface area contributed by atoms with Crippen LogP contribution in [0, 0.1) is 12.3 Å². The summed E-state index contributed by atoms with van der Waals surface area (Å²) in [6.07, 6.45) is 6.98. The molecule has 1 aromatic heterocycles. The molecule has 1 aromatic carbocycles. The second kappa shape index (κ2) is 5.99. The fraction of sp³-hybridized carbons (Fsp3) is 0.286. The molecule has 0 amide bonds. The Balaban J connectivity index is 1.94. The molecule has 2 rings (SSSR count). The zero-order valence-corrected chi connectivity index (χ0v) is 10.3. The fourth-order valence-electron chi connectivity index (χ4n) is 1.55. The van der Waals surface area contributed by atoms with Crippen LogP contribution in [0.15, 0.2) is 30.5 Å². The first-order valence-corrected chi connectivity index (χ1v) is 5.76. The summed E-state index contributed by atoms with van der Waals surface area (Å²) >= 11 is 0. The first-order valence-electron chi connectivity index (χ1n) is 5.76. The van der Waals surface area contributed by atoms with Gasteiger partial charge in [-0.25, -0.2) is 4.98 Å². The molecule has 4 heteroatoms. The maximum atomic E-state index is 5.50. The van der Waals surface area contributed by atoms with Gasteiger partial charge in [-0.05, 0) is 13.1 Å². The molecule has 0 aliphatic rings. The average molecular weight is 241 g/mol. The molecule has 1 heterocycles. The largest absolute Gasteiger partial charge is 0.462 e. The van der Waals surface area contributed by atoms with E-state index in [0.29, 0.717) is 19.2 Å². The van der Waals surface area contributed by atoms with Gasteiger partial charge in [-0.1, -0.05) is 24.1 Å². The minimum atomic E-state index is 0.405. The van der Waals surface area contributed by atoms with Gasteiger partial charge in [0.25, 0.3) is 0 Å². The van der Waals surface area contributed by atoms with Crippen molar-refractivity contribution in [2.45, 2.75) is 0 Å². The van der Waals surface area contributed by atoms with Crippen LogP contribution in [-0.4, -0.2) is 41.6 Å². The van der Waals surface area contributed by atoms with E-state index in [2.05, 4.69) is 15.9 Å². The van der Waals surface area contributed by atoms with Gasteiger partial charge in [0.05, 0.1) is 12.1 Å². The van der Waals surface area contributed by atoms with Crippen molar-refractivity contribution in [1.82, 2.24) is 14.9 Å². The van der Waals surface area contributed by atoms with Gasteiger partial charge in [0, 0.05) is 18.1 Å². The van der Waals surface area contributed by atoms with Crippen molar-refractivity contribution in [2.24, 2.45) is 0 Å². The number of aromatic nitrogens is 2. The van der Waals surface area contributed by atoms with Crippen LogP contribution in [0.1, 0.15) is 0 Å². The molecule has 0 spiro atoms. The number of hydrogen-bond acceptors (Lipinski definition) is 4. The number of rotatable bonds is 5. The van der Waals surface area contributed by atoms with E-state index in [4.69, 9.17) is 11.2 Å². The SMILES string of the molecule is C#CCN(C)CCOc1ncc2ccccc2n1. The van der Waals surface area contributed by atoms with Crippen LogP contribution in [0.25, 0.3) is 10.9 Å². The number of para-hydroxylation sites is 1. The molecule has 0 radical (unpaired) electrons. The van der Waals surface area contributed by atoms with Crippen LogP contribution in [-0.2, 0) is 0 Å². The molecular formula is C14H15N3O. The van der Waals surface area contributed by atoms with Crippen LogP contribution < -0.4 is 4.74 Å². The molecule has 0 bridgehead atoms. The summed E-state index contributed by atoms with van der Waals surface area (Å²) in [6, 6.07) is 8.22. The standard InChI is InChI=1S/C14H15N3O/c1-3-8-17(2)9-10-18-14-15-11-12-6-4-5-7-13(12)16-14/h1,4-7,11H,8-10H2,2H3. The van der Waals surface area contributed by atoms with Crippen LogP contribution >= 0.6 is 0 Å². The normalized spacial score (nSPS) is 10.5. The van der Waals surface area contributed by atoms with Gasteiger partial charge in [-0.2, -0.15) is 4.98 Å². The van der Waals surface area contributed by atoms with Crippen molar-refractivity contribution in [3.63, 3.8) is 0 Å². The number of hydrogen-bond donors (Lipinski definition) is 0. The van der Waals surface area contributed by atoms with Gasteiger partial charge in [0.15, 0.2) is 0 Å². The van der Waals surface area contributed by atoms with Crippen molar-refractivity contribution in [3.8, 4) is 18.4 Å². The lowest BCUT2D eigenvalue weighted by atomic mass is 10.2.